The van der Waals surface area contributed by atoms with Crippen molar-refractivity contribution in [3.8, 4) is 0 Å². The van der Waals surface area contributed by atoms with Crippen molar-refractivity contribution in [1.82, 2.24) is 0 Å². The number of hydrogen-bond acceptors (Lipinski definition) is 0. The Morgan fingerprint density at radius 3 is 2.07 bits per heavy atom. The van der Waals surface area contributed by atoms with Crippen LogP contribution in [0.5, 0.6) is 0 Å². The van der Waals surface area contributed by atoms with E-state index in [0.717, 1.165) is 17.8 Å². The zero-order valence-corrected chi connectivity index (χ0v) is 9.80. The van der Waals surface area contributed by atoms with Crippen molar-refractivity contribution in [2.45, 2.75) is 71.1 Å². The highest BCUT2D eigenvalue weighted by Crippen LogP contribution is 2.41. The largest absolute Gasteiger partial charge is 0.0654 e. The predicted molar refractivity (Wildman–Crippen MR) is 62.3 cm³/mol. The summed E-state index contributed by atoms with van der Waals surface area (Å²) in [4.78, 5) is 0. The van der Waals surface area contributed by atoms with E-state index in [1.807, 2.05) is 0 Å². The van der Waals surface area contributed by atoms with Gasteiger partial charge in [0.15, 0.2) is 0 Å². The summed E-state index contributed by atoms with van der Waals surface area (Å²) in [5, 5.41) is 0. The molecule has 0 heteroatoms. The van der Waals surface area contributed by atoms with E-state index in [2.05, 4.69) is 6.92 Å². The highest BCUT2D eigenvalue weighted by molar-refractivity contribution is 4.81. The first kappa shape index (κ1) is 10.5. The van der Waals surface area contributed by atoms with Crippen molar-refractivity contribution in [3.05, 3.63) is 0 Å². The molecule has 0 bridgehead atoms. The minimum absolute atomic E-state index is 1.13. The summed E-state index contributed by atoms with van der Waals surface area (Å²) in [5.41, 5.74) is 0. The van der Waals surface area contributed by atoms with Gasteiger partial charge in [-0.15, -0.1) is 0 Å². The van der Waals surface area contributed by atoms with Gasteiger partial charge in [0, 0.05) is 0 Å². The Balaban J connectivity index is 1.52. The molecule has 14 heavy (non-hydrogen) atoms. The molecule has 2 aliphatic rings. The average Bonchev–Trinajstić information content (AvgIpc) is 2.09. The number of hydrogen-bond donors (Lipinski definition) is 0. The van der Waals surface area contributed by atoms with E-state index in [0.29, 0.717) is 0 Å². The third-order valence-corrected chi connectivity index (χ3v) is 4.65. The van der Waals surface area contributed by atoms with E-state index < -0.39 is 0 Å². The summed E-state index contributed by atoms with van der Waals surface area (Å²) in [6.07, 6.45) is 15.3. The smallest absolute Gasteiger partial charge is 0.0386 e. The summed E-state index contributed by atoms with van der Waals surface area (Å²) >= 11 is 0. The molecule has 0 amide bonds. The van der Waals surface area contributed by atoms with Gasteiger partial charge in [0.2, 0.25) is 0 Å². The molecule has 2 fully saturated rings. The van der Waals surface area contributed by atoms with Crippen molar-refractivity contribution in [2.24, 2.45) is 17.8 Å². The molecule has 2 unspecified atom stereocenters. The van der Waals surface area contributed by atoms with Crippen molar-refractivity contribution >= 4 is 0 Å². The lowest BCUT2D eigenvalue weighted by Crippen LogP contribution is -2.25. The Labute approximate surface area is 89.5 Å². The van der Waals surface area contributed by atoms with Crippen LogP contribution in [-0.2, 0) is 0 Å². The van der Waals surface area contributed by atoms with Crippen LogP contribution in [0.3, 0.4) is 0 Å². The zero-order valence-electron chi connectivity index (χ0n) is 9.80. The predicted octanol–water partition coefficient (Wildman–Crippen LogP) is 4.78. The van der Waals surface area contributed by atoms with Gasteiger partial charge in [0.25, 0.3) is 0 Å². The highest BCUT2D eigenvalue weighted by Gasteiger charge is 2.29. The minimum Gasteiger partial charge on any atom is -0.0654 e. The van der Waals surface area contributed by atoms with Gasteiger partial charge in [0.1, 0.15) is 0 Å². The van der Waals surface area contributed by atoms with Crippen LogP contribution in [-0.4, -0.2) is 0 Å². The summed E-state index contributed by atoms with van der Waals surface area (Å²) < 4.78 is 0. The monoisotopic (exact) mass is 194 g/mol. The molecule has 0 saturated heterocycles. The van der Waals surface area contributed by atoms with Crippen LogP contribution >= 0.6 is 0 Å². The molecule has 0 heterocycles. The third-order valence-electron chi connectivity index (χ3n) is 4.65. The summed E-state index contributed by atoms with van der Waals surface area (Å²) in [7, 11) is 0. The zero-order chi connectivity index (χ0) is 9.80. The highest BCUT2D eigenvalue weighted by atomic mass is 14.3. The minimum atomic E-state index is 1.13. The second-order valence-electron chi connectivity index (χ2n) is 5.61. The van der Waals surface area contributed by atoms with Crippen LogP contribution in [0.15, 0.2) is 0 Å². The maximum absolute atomic E-state index is 2.34. The van der Waals surface area contributed by atoms with E-state index in [4.69, 9.17) is 0 Å². The molecule has 0 aliphatic heterocycles. The summed E-state index contributed by atoms with van der Waals surface area (Å²) in [6.45, 7) is 2.34. The first-order valence-electron chi connectivity index (χ1n) is 6.90. The maximum Gasteiger partial charge on any atom is -0.0386 e. The molecule has 82 valence electrons. The second kappa shape index (κ2) is 5.19. The average molecular weight is 194 g/mol. The molecule has 0 N–H and O–H groups in total. The van der Waals surface area contributed by atoms with Crippen LogP contribution in [0.25, 0.3) is 0 Å². The Bertz CT molecular complexity index is 157. The molecule has 2 rings (SSSR count). The lowest BCUT2D eigenvalue weighted by Gasteiger charge is -2.37. The Morgan fingerprint density at radius 2 is 1.57 bits per heavy atom. The van der Waals surface area contributed by atoms with E-state index in [1.165, 1.54) is 25.7 Å². The molecule has 0 nitrogen and oxygen atoms in total. The topological polar surface area (TPSA) is 0 Å². The van der Waals surface area contributed by atoms with E-state index in [9.17, 15) is 0 Å². The first-order valence-corrected chi connectivity index (χ1v) is 6.90. The molecular formula is C14H26. The van der Waals surface area contributed by atoms with Crippen molar-refractivity contribution < 1.29 is 0 Å². The number of rotatable bonds is 6. The van der Waals surface area contributed by atoms with Gasteiger partial charge in [0.05, 0.1) is 0 Å². The quantitative estimate of drug-likeness (QED) is 0.570. The molecule has 0 aromatic rings. The molecule has 0 spiro atoms. The SMILES string of the molecule is CCCC1CCC1CCCC1CCC1. The normalized spacial score (nSPS) is 32.4. The first-order chi connectivity index (χ1) is 6.90. The van der Waals surface area contributed by atoms with E-state index >= 15 is 0 Å². The van der Waals surface area contributed by atoms with Gasteiger partial charge >= 0.3 is 0 Å². The molecule has 2 atom stereocenters. The van der Waals surface area contributed by atoms with Gasteiger partial charge in [-0.25, -0.2) is 0 Å². The van der Waals surface area contributed by atoms with Gasteiger partial charge in [-0.2, -0.15) is 0 Å². The fourth-order valence-corrected chi connectivity index (χ4v) is 3.22. The van der Waals surface area contributed by atoms with Gasteiger partial charge < -0.3 is 0 Å². The van der Waals surface area contributed by atoms with Crippen LogP contribution in [0.2, 0.25) is 0 Å². The van der Waals surface area contributed by atoms with Crippen molar-refractivity contribution in [3.63, 3.8) is 0 Å². The van der Waals surface area contributed by atoms with Crippen LogP contribution in [0.4, 0.5) is 0 Å². The lowest BCUT2D eigenvalue weighted by molar-refractivity contribution is 0.142. The Hall–Kier alpha value is 0. The van der Waals surface area contributed by atoms with E-state index in [1.54, 1.807) is 38.5 Å². The van der Waals surface area contributed by atoms with Crippen molar-refractivity contribution in [2.75, 3.05) is 0 Å². The van der Waals surface area contributed by atoms with Crippen LogP contribution in [0, 0.1) is 17.8 Å². The van der Waals surface area contributed by atoms with Gasteiger partial charge in [-0.3, -0.25) is 0 Å². The standard InChI is InChI=1S/C14H26/c1-2-5-13-10-11-14(13)9-4-8-12-6-3-7-12/h12-14H,2-11H2,1H3. The van der Waals surface area contributed by atoms with Crippen LogP contribution in [0.1, 0.15) is 71.1 Å². The Kier molecular flexibility index (Phi) is 3.89. The lowest BCUT2D eigenvalue weighted by atomic mass is 9.68. The molecule has 2 aliphatic carbocycles. The molecular weight excluding hydrogens is 168 g/mol. The van der Waals surface area contributed by atoms with Crippen molar-refractivity contribution in [1.29, 1.82) is 0 Å². The molecule has 0 aromatic carbocycles. The van der Waals surface area contributed by atoms with Crippen LogP contribution < -0.4 is 0 Å². The second-order valence-corrected chi connectivity index (χ2v) is 5.61. The fourth-order valence-electron chi connectivity index (χ4n) is 3.22. The molecule has 0 aromatic heterocycles. The fraction of sp³-hybridized carbons (Fsp3) is 1.00. The maximum atomic E-state index is 2.34. The Morgan fingerprint density at radius 1 is 0.857 bits per heavy atom. The van der Waals surface area contributed by atoms with Gasteiger partial charge in [-0.1, -0.05) is 58.3 Å². The molecule has 2 saturated carbocycles. The third kappa shape index (κ3) is 2.52. The van der Waals surface area contributed by atoms with Gasteiger partial charge in [-0.05, 0) is 30.6 Å². The molecule has 0 radical (unpaired) electrons. The van der Waals surface area contributed by atoms with E-state index in [-0.39, 0.29) is 0 Å². The summed E-state index contributed by atoms with van der Waals surface area (Å²) in [5.74, 6) is 3.40. The summed E-state index contributed by atoms with van der Waals surface area (Å²) in [6, 6.07) is 0.